The lowest BCUT2D eigenvalue weighted by Gasteiger charge is -2.09. The second-order valence-corrected chi connectivity index (χ2v) is 11.9. The molecular weight excluding hydrogens is 364 g/mol. The number of ether oxygens (including phenoxy) is 1. The zero-order chi connectivity index (χ0) is 19.6. The number of hydrogen-bond donors (Lipinski definition) is 0. The van der Waals surface area contributed by atoms with Gasteiger partial charge < -0.3 is 4.74 Å². The fraction of sp³-hybridized carbons (Fsp3) is 0.300. The summed E-state index contributed by atoms with van der Waals surface area (Å²) >= 11 is 0. The molecule has 27 heavy (non-hydrogen) atoms. The average molecular weight is 385 g/mol. The van der Waals surface area contributed by atoms with Crippen molar-refractivity contribution >= 4 is 13.7 Å². The van der Waals surface area contributed by atoms with Crippen LogP contribution in [-0.4, -0.2) is 29.3 Å². The van der Waals surface area contributed by atoms with E-state index in [0.29, 0.717) is 34.8 Å². The van der Waals surface area contributed by atoms with Gasteiger partial charge in [0.25, 0.3) is 6.43 Å². The third kappa shape index (κ3) is 4.34. The summed E-state index contributed by atoms with van der Waals surface area (Å²) in [4.78, 5) is 4.57. The van der Waals surface area contributed by atoms with Crippen molar-refractivity contribution < 1.29 is 13.5 Å². The van der Waals surface area contributed by atoms with Crippen molar-refractivity contribution in [2.75, 3.05) is 6.61 Å². The van der Waals surface area contributed by atoms with Crippen LogP contribution in [0.1, 0.15) is 24.6 Å². The van der Waals surface area contributed by atoms with Gasteiger partial charge in [-0.2, -0.15) is 5.10 Å². The van der Waals surface area contributed by atoms with Crippen molar-refractivity contribution in [3.05, 3.63) is 47.8 Å². The summed E-state index contributed by atoms with van der Waals surface area (Å²) < 4.78 is 34.0. The standard InChI is InChI=1S/C20H21F2N3OSi/c1-5-26-16-8-6-7-14(11-16)17-12-18(19(21)22)25-20(24-17)15(13-23-25)9-10-27(2,3)4/h6-8,11-13,19H,5H2,1-4H3. The monoisotopic (exact) mass is 385 g/mol. The number of halogens is 2. The van der Waals surface area contributed by atoms with E-state index in [1.807, 2.05) is 25.1 Å². The molecule has 0 amide bonds. The van der Waals surface area contributed by atoms with E-state index in [2.05, 4.69) is 41.2 Å². The fourth-order valence-corrected chi connectivity index (χ4v) is 3.05. The maximum atomic E-state index is 13.6. The molecule has 4 nitrogen and oxygen atoms in total. The van der Waals surface area contributed by atoms with Crippen LogP contribution in [0.25, 0.3) is 16.9 Å². The van der Waals surface area contributed by atoms with Crippen LogP contribution in [0, 0.1) is 11.5 Å². The van der Waals surface area contributed by atoms with Gasteiger partial charge in [0.15, 0.2) is 5.65 Å². The molecule has 0 saturated carbocycles. The highest BCUT2D eigenvalue weighted by atomic mass is 28.3. The number of benzene rings is 1. The average Bonchev–Trinajstić information content (AvgIpc) is 3.02. The molecule has 0 N–H and O–H groups in total. The predicted molar refractivity (Wildman–Crippen MR) is 105 cm³/mol. The Morgan fingerprint density at radius 3 is 2.67 bits per heavy atom. The van der Waals surface area contributed by atoms with Crippen LogP contribution in [-0.2, 0) is 0 Å². The highest BCUT2D eigenvalue weighted by molar-refractivity contribution is 6.83. The Labute approximate surface area is 158 Å². The molecule has 0 saturated heterocycles. The van der Waals surface area contributed by atoms with E-state index in [4.69, 9.17) is 4.74 Å². The Morgan fingerprint density at radius 1 is 1.22 bits per heavy atom. The fourth-order valence-electron chi connectivity index (χ4n) is 2.54. The van der Waals surface area contributed by atoms with E-state index in [9.17, 15) is 8.78 Å². The molecule has 1 aromatic carbocycles. The smallest absolute Gasteiger partial charge is 0.280 e. The Morgan fingerprint density at radius 2 is 2.00 bits per heavy atom. The zero-order valence-corrected chi connectivity index (χ0v) is 16.8. The Balaban J connectivity index is 2.19. The quantitative estimate of drug-likeness (QED) is 0.471. The van der Waals surface area contributed by atoms with E-state index < -0.39 is 14.5 Å². The lowest BCUT2D eigenvalue weighted by atomic mass is 10.1. The van der Waals surface area contributed by atoms with Crippen molar-refractivity contribution in [3.63, 3.8) is 0 Å². The van der Waals surface area contributed by atoms with Gasteiger partial charge in [-0.25, -0.2) is 18.3 Å². The highest BCUT2D eigenvalue weighted by Crippen LogP contribution is 2.28. The first kappa shape index (κ1) is 19.0. The van der Waals surface area contributed by atoms with Gasteiger partial charge in [0, 0.05) is 5.56 Å². The predicted octanol–water partition coefficient (Wildman–Crippen LogP) is 4.96. The largest absolute Gasteiger partial charge is 0.494 e. The minimum absolute atomic E-state index is 0.210. The lowest BCUT2D eigenvalue weighted by Crippen LogP contribution is -2.16. The molecule has 0 bridgehead atoms. The van der Waals surface area contributed by atoms with E-state index >= 15 is 0 Å². The molecule has 3 aromatic rings. The molecule has 0 unspecified atom stereocenters. The summed E-state index contributed by atoms with van der Waals surface area (Å²) in [5, 5.41) is 4.08. The van der Waals surface area contributed by atoms with E-state index in [-0.39, 0.29) is 5.69 Å². The minimum Gasteiger partial charge on any atom is -0.494 e. The van der Waals surface area contributed by atoms with Crippen molar-refractivity contribution in [2.24, 2.45) is 0 Å². The molecule has 7 heteroatoms. The van der Waals surface area contributed by atoms with Gasteiger partial charge in [0.1, 0.15) is 19.5 Å². The van der Waals surface area contributed by atoms with Crippen LogP contribution < -0.4 is 4.74 Å². The summed E-state index contributed by atoms with van der Waals surface area (Å²) in [5.41, 5.74) is 5.07. The number of hydrogen-bond acceptors (Lipinski definition) is 3. The number of alkyl halides is 2. The molecular formula is C20H21F2N3OSi. The van der Waals surface area contributed by atoms with Crippen molar-refractivity contribution in [1.29, 1.82) is 0 Å². The molecule has 0 aliphatic carbocycles. The molecule has 0 aliphatic heterocycles. The summed E-state index contributed by atoms with van der Waals surface area (Å²) in [6.45, 7) is 8.77. The van der Waals surface area contributed by atoms with E-state index in [1.54, 1.807) is 6.07 Å². The van der Waals surface area contributed by atoms with Gasteiger partial charge in [0.2, 0.25) is 0 Å². The lowest BCUT2D eigenvalue weighted by molar-refractivity contribution is 0.143. The minimum atomic E-state index is -2.68. The molecule has 0 spiro atoms. The molecule has 0 radical (unpaired) electrons. The van der Waals surface area contributed by atoms with Crippen LogP contribution in [0.3, 0.4) is 0 Å². The van der Waals surface area contributed by atoms with Gasteiger partial charge in [-0.05, 0) is 25.1 Å². The third-order valence-corrected chi connectivity index (χ3v) is 4.61. The van der Waals surface area contributed by atoms with Crippen LogP contribution in [0.2, 0.25) is 19.6 Å². The molecule has 140 valence electrons. The third-order valence-electron chi connectivity index (χ3n) is 3.74. The zero-order valence-electron chi connectivity index (χ0n) is 15.8. The molecule has 0 aliphatic rings. The topological polar surface area (TPSA) is 39.4 Å². The van der Waals surface area contributed by atoms with Gasteiger partial charge in [-0.1, -0.05) is 37.7 Å². The van der Waals surface area contributed by atoms with Crippen LogP contribution in [0.15, 0.2) is 36.5 Å². The number of aromatic nitrogens is 3. The van der Waals surface area contributed by atoms with Gasteiger partial charge in [0.05, 0.1) is 24.1 Å². The summed E-state index contributed by atoms with van der Waals surface area (Å²) in [6.07, 6.45) is -1.18. The van der Waals surface area contributed by atoms with Crippen molar-refractivity contribution in [2.45, 2.75) is 33.0 Å². The van der Waals surface area contributed by atoms with Crippen LogP contribution in [0.5, 0.6) is 5.75 Å². The van der Waals surface area contributed by atoms with Crippen LogP contribution in [0.4, 0.5) is 8.78 Å². The van der Waals surface area contributed by atoms with E-state index in [1.165, 1.54) is 16.8 Å². The summed E-state index contributed by atoms with van der Waals surface area (Å²) in [5.74, 6) is 3.75. The van der Waals surface area contributed by atoms with Crippen LogP contribution >= 0.6 is 0 Å². The Hall–Kier alpha value is -2.72. The second kappa shape index (κ2) is 7.49. The SMILES string of the molecule is CCOc1cccc(-c2cc(C(F)F)n3ncc(C#C[Si](C)(C)C)c3n2)c1. The second-order valence-electron chi connectivity index (χ2n) is 7.12. The first-order chi connectivity index (χ1) is 12.8. The van der Waals surface area contributed by atoms with Gasteiger partial charge in [-0.15, -0.1) is 5.54 Å². The maximum Gasteiger partial charge on any atom is 0.280 e. The normalized spacial score (nSPS) is 11.5. The molecule has 3 rings (SSSR count). The number of nitrogens with zero attached hydrogens (tertiary/aromatic N) is 3. The van der Waals surface area contributed by atoms with Gasteiger partial charge in [-0.3, -0.25) is 0 Å². The molecule has 2 aromatic heterocycles. The van der Waals surface area contributed by atoms with Gasteiger partial charge >= 0.3 is 0 Å². The number of rotatable bonds is 4. The molecule has 2 heterocycles. The summed E-state index contributed by atoms with van der Waals surface area (Å²) in [7, 11) is -1.62. The maximum absolute atomic E-state index is 13.6. The summed E-state index contributed by atoms with van der Waals surface area (Å²) in [6, 6.07) is 8.62. The molecule has 0 atom stereocenters. The Bertz CT molecular complexity index is 1030. The first-order valence-electron chi connectivity index (χ1n) is 8.72. The first-order valence-corrected chi connectivity index (χ1v) is 12.2. The molecule has 0 fully saturated rings. The van der Waals surface area contributed by atoms with E-state index in [0.717, 1.165) is 0 Å². The number of fused-ring (bicyclic) bond motifs is 1. The Kier molecular flexibility index (Phi) is 5.28. The van der Waals surface area contributed by atoms with Crippen molar-refractivity contribution in [3.8, 4) is 28.5 Å². The van der Waals surface area contributed by atoms with Crippen molar-refractivity contribution in [1.82, 2.24) is 14.6 Å². The highest BCUT2D eigenvalue weighted by Gasteiger charge is 2.18.